The second-order valence-corrected chi connectivity index (χ2v) is 8.58. The molecule has 1 N–H and O–H groups in total. The maximum absolute atomic E-state index is 12.4. The summed E-state index contributed by atoms with van der Waals surface area (Å²) in [6.45, 7) is 6.64. The van der Waals surface area contributed by atoms with Gasteiger partial charge in [-0.15, -0.1) is 10.2 Å². The van der Waals surface area contributed by atoms with Crippen LogP contribution in [0.1, 0.15) is 40.5 Å². The van der Waals surface area contributed by atoms with E-state index in [-0.39, 0.29) is 5.91 Å². The minimum Gasteiger partial charge on any atom is -0.487 e. The molecule has 4 aromatic rings. The van der Waals surface area contributed by atoms with Gasteiger partial charge in [0.25, 0.3) is 5.91 Å². The van der Waals surface area contributed by atoms with Crippen molar-refractivity contribution in [2.45, 2.75) is 33.8 Å². The summed E-state index contributed by atoms with van der Waals surface area (Å²) in [5.74, 6) is 0.957. The largest absolute Gasteiger partial charge is 0.487 e. The van der Waals surface area contributed by atoms with E-state index in [1.54, 1.807) is 24.3 Å². The summed E-state index contributed by atoms with van der Waals surface area (Å²) in [4.78, 5) is 17.0. The first-order chi connectivity index (χ1) is 14.5. The molecule has 0 saturated heterocycles. The normalized spacial score (nSPS) is 11.2. The van der Waals surface area contributed by atoms with Gasteiger partial charge in [0.2, 0.25) is 5.13 Å². The van der Waals surface area contributed by atoms with E-state index in [2.05, 4.69) is 34.3 Å². The molecule has 3 heterocycles. The molecule has 1 amide bonds. The number of aryl methyl sites for hydroxylation is 1. The zero-order valence-electron chi connectivity index (χ0n) is 17.1. The second-order valence-electron chi connectivity index (χ2n) is 7.52. The number of benzene rings is 1. The molecule has 0 fully saturated rings. The number of hydrogen-bond donors (Lipinski definition) is 1. The molecule has 0 saturated carbocycles. The van der Waals surface area contributed by atoms with Gasteiger partial charge < -0.3 is 9.14 Å². The third-order valence-electron chi connectivity index (χ3n) is 4.50. The number of carbonyl (C=O) groups is 1. The first kappa shape index (κ1) is 20.0. The highest BCUT2D eigenvalue weighted by atomic mass is 32.1. The topological polar surface area (TPSA) is 81.4 Å². The second kappa shape index (κ2) is 8.62. The van der Waals surface area contributed by atoms with Crippen LogP contribution in [0.3, 0.4) is 0 Å². The van der Waals surface area contributed by atoms with Crippen molar-refractivity contribution >= 4 is 28.0 Å². The van der Waals surface area contributed by atoms with Crippen LogP contribution in [0.15, 0.2) is 48.8 Å². The van der Waals surface area contributed by atoms with Gasteiger partial charge >= 0.3 is 0 Å². The summed E-state index contributed by atoms with van der Waals surface area (Å²) in [5.41, 5.74) is 3.42. The molecule has 154 valence electrons. The SMILES string of the molecule is Cc1cccn2cc(COc3ccc(C(=O)Nc4nnc(CC(C)C)s4)cc3)nc12. The molecule has 7 nitrogen and oxygen atoms in total. The van der Waals surface area contributed by atoms with E-state index in [0.29, 0.717) is 29.0 Å². The highest BCUT2D eigenvalue weighted by molar-refractivity contribution is 7.15. The molecule has 0 aliphatic rings. The number of amides is 1. The lowest BCUT2D eigenvalue weighted by molar-refractivity contribution is 0.102. The lowest BCUT2D eigenvalue weighted by Crippen LogP contribution is -2.11. The zero-order valence-corrected chi connectivity index (χ0v) is 17.9. The van der Waals surface area contributed by atoms with Gasteiger partial charge in [-0.05, 0) is 48.7 Å². The number of ether oxygens (including phenoxy) is 1. The third-order valence-corrected chi connectivity index (χ3v) is 5.36. The first-order valence-corrected chi connectivity index (χ1v) is 10.6. The van der Waals surface area contributed by atoms with E-state index >= 15 is 0 Å². The van der Waals surface area contributed by atoms with Crippen LogP contribution in [0.4, 0.5) is 5.13 Å². The molecule has 0 aliphatic carbocycles. The molecule has 4 rings (SSSR count). The lowest BCUT2D eigenvalue weighted by atomic mass is 10.1. The number of aromatic nitrogens is 4. The minimum atomic E-state index is -0.218. The Morgan fingerprint density at radius 1 is 1.20 bits per heavy atom. The fraction of sp³-hybridized carbons (Fsp3) is 0.273. The first-order valence-electron chi connectivity index (χ1n) is 9.78. The average Bonchev–Trinajstić information content (AvgIpc) is 3.33. The van der Waals surface area contributed by atoms with Crippen molar-refractivity contribution in [3.63, 3.8) is 0 Å². The van der Waals surface area contributed by atoms with Gasteiger partial charge in [0, 0.05) is 24.4 Å². The van der Waals surface area contributed by atoms with Crippen LogP contribution in [0.5, 0.6) is 5.75 Å². The summed E-state index contributed by atoms with van der Waals surface area (Å²) in [6.07, 6.45) is 4.78. The molecule has 0 aliphatic heterocycles. The number of rotatable bonds is 7. The van der Waals surface area contributed by atoms with E-state index in [4.69, 9.17) is 4.74 Å². The predicted octanol–water partition coefficient (Wildman–Crippen LogP) is 4.52. The van der Waals surface area contributed by atoms with Gasteiger partial charge in [0.05, 0.1) is 5.69 Å². The molecule has 0 unspecified atom stereocenters. The Balaban J connectivity index is 1.35. The van der Waals surface area contributed by atoms with Crippen LogP contribution in [-0.4, -0.2) is 25.5 Å². The maximum Gasteiger partial charge on any atom is 0.257 e. The van der Waals surface area contributed by atoms with Gasteiger partial charge in [-0.3, -0.25) is 10.1 Å². The van der Waals surface area contributed by atoms with Crippen molar-refractivity contribution in [3.8, 4) is 5.75 Å². The maximum atomic E-state index is 12.4. The monoisotopic (exact) mass is 421 g/mol. The van der Waals surface area contributed by atoms with E-state index in [0.717, 1.165) is 28.3 Å². The molecular weight excluding hydrogens is 398 g/mol. The number of carbonyl (C=O) groups excluding carboxylic acids is 1. The Labute approximate surface area is 178 Å². The van der Waals surface area contributed by atoms with E-state index in [1.165, 1.54) is 11.3 Å². The number of pyridine rings is 1. The third kappa shape index (κ3) is 4.65. The fourth-order valence-corrected chi connectivity index (χ4v) is 3.99. The highest BCUT2D eigenvalue weighted by Crippen LogP contribution is 2.20. The van der Waals surface area contributed by atoms with Gasteiger partial charge in [-0.25, -0.2) is 4.98 Å². The van der Waals surface area contributed by atoms with Gasteiger partial charge in [-0.1, -0.05) is 31.3 Å². The molecule has 0 bridgehead atoms. The molecular formula is C22H23N5O2S. The average molecular weight is 422 g/mol. The summed E-state index contributed by atoms with van der Waals surface area (Å²) < 4.78 is 7.81. The van der Waals surface area contributed by atoms with Crippen LogP contribution in [0.2, 0.25) is 0 Å². The summed E-state index contributed by atoms with van der Waals surface area (Å²) in [7, 11) is 0. The smallest absolute Gasteiger partial charge is 0.257 e. The molecule has 30 heavy (non-hydrogen) atoms. The summed E-state index contributed by atoms with van der Waals surface area (Å²) in [6, 6.07) is 11.0. The Bertz CT molecular complexity index is 1160. The number of nitrogens with one attached hydrogen (secondary N) is 1. The number of anilines is 1. The van der Waals surface area contributed by atoms with Crippen LogP contribution in [-0.2, 0) is 13.0 Å². The standard InChI is InChI=1S/C22H23N5O2S/c1-14(2)11-19-25-26-22(30-19)24-21(28)16-6-8-18(9-7-16)29-13-17-12-27-10-4-5-15(3)20(27)23-17/h4-10,12,14H,11,13H2,1-3H3,(H,24,26,28). The van der Waals surface area contributed by atoms with Crippen molar-refractivity contribution in [1.82, 2.24) is 19.6 Å². The minimum absolute atomic E-state index is 0.218. The Morgan fingerprint density at radius 2 is 2.00 bits per heavy atom. The number of hydrogen-bond acceptors (Lipinski definition) is 6. The molecule has 1 aromatic carbocycles. The Morgan fingerprint density at radius 3 is 2.73 bits per heavy atom. The molecule has 0 radical (unpaired) electrons. The predicted molar refractivity (Wildman–Crippen MR) is 117 cm³/mol. The highest BCUT2D eigenvalue weighted by Gasteiger charge is 2.11. The van der Waals surface area contributed by atoms with Crippen molar-refractivity contribution in [1.29, 1.82) is 0 Å². The zero-order chi connectivity index (χ0) is 21.1. The Hall–Kier alpha value is -3.26. The van der Waals surface area contributed by atoms with E-state index < -0.39 is 0 Å². The quantitative estimate of drug-likeness (QED) is 0.474. The lowest BCUT2D eigenvalue weighted by Gasteiger charge is -2.05. The van der Waals surface area contributed by atoms with Gasteiger partial charge in [0.1, 0.15) is 23.0 Å². The van der Waals surface area contributed by atoms with Crippen molar-refractivity contribution in [2.75, 3.05) is 5.32 Å². The van der Waals surface area contributed by atoms with E-state index in [9.17, 15) is 4.79 Å². The van der Waals surface area contributed by atoms with Crippen LogP contribution < -0.4 is 10.1 Å². The number of fused-ring (bicyclic) bond motifs is 1. The van der Waals surface area contributed by atoms with Crippen molar-refractivity contribution < 1.29 is 9.53 Å². The van der Waals surface area contributed by atoms with Gasteiger partial charge in [0.15, 0.2) is 0 Å². The molecule has 0 spiro atoms. The fourth-order valence-electron chi connectivity index (χ4n) is 3.04. The number of imidazole rings is 1. The van der Waals surface area contributed by atoms with Crippen LogP contribution in [0.25, 0.3) is 5.65 Å². The molecule has 3 aromatic heterocycles. The Kier molecular flexibility index (Phi) is 5.76. The molecule has 0 atom stereocenters. The molecule has 8 heteroatoms. The van der Waals surface area contributed by atoms with Gasteiger partial charge in [-0.2, -0.15) is 0 Å². The van der Waals surface area contributed by atoms with Crippen LogP contribution >= 0.6 is 11.3 Å². The number of nitrogens with zero attached hydrogens (tertiary/aromatic N) is 4. The van der Waals surface area contributed by atoms with Crippen molar-refractivity contribution in [2.24, 2.45) is 5.92 Å². The van der Waals surface area contributed by atoms with Crippen LogP contribution in [0, 0.1) is 12.8 Å². The summed E-state index contributed by atoms with van der Waals surface area (Å²) >= 11 is 1.41. The van der Waals surface area contributed by atoms with Crippen molar-refractivity contribution in [3.05, 3.63) is 70.6 Å². The van der Waals surface area contributed by atoms with E-state index in [1.807, 2.05) is 35.9 Å². The summed E-state index contributed by atoms with van der Waals surface area (Å²) in [5, 5.41) is 12.4.